The minimum Gasteiger partial charge on any atom is -0.494 e. The predicted molar refractivity (Wildman–Crippen MR) is 127 cm³/mol. The van der Waals surface area contributed by atoms with E-state index in [1.165, 1.54) is 6.33 Å². The zero-order valence-corrected chi connectivity index (χ0v) is 18.9. The second-order valence-electron chi connectivity index (χ2n) is 8.21. The van der Waals surface area contributed by atoms with Gasteiger partial charge in [0.05, 0.1) is 28.3 Å². The summed E-state index contributed by atoms with van der Waals surface area (Å²) >= 11 is 6.38. The maximum atomic E-state index is 12.6. The van der Waals surface area contributed by atoms with Crippen LogP contribution in [0.25, 0.3) is 11.0 Å². The molecule has 8 rings (SSSR count). The number of aromatic hydroxyl groups is 1. The Labute approximate surface area is 196 Å². The summed E-state index contributed by atoms with van der Waals surface area (Å²) < 4.78 is 5.80. The number of amides is 1. The third kappa shape index (κ3) is 4.45. The third-order valence-electron chi connectivity index (χ3n) is 6.07. The van der Waals surface area contributed by atoms with Gasteiger partial charge in [0.1, 0.15) is 23.5 Å². The Kier molecular flexibility index (Phi) is 6.04. The highest BCUT2D eigenvalue weighted by Crippen LogP contribution is 2.33. The molecule has 3 aromatic rings. The van der Waals surface area contributed by atoms with Gasteiger partial charge in [-0.15, -0.1) is 0 Å². The van der Waals surface area contributed by atoms with Crippen molar-refractivity contribution < 1.29 is 14.6 Å². The molecule has 5 aliphatic rings. The molecule has 0 spiro atoms. The summed E-state index contributed by atoms with van der Waals surface area (Å²) in [6.45, 7) is 3.13. The molecule has 2 aromatic heterocycles. The van der Waals surface area contributed by atoms with Gasteiger partial charge in [-0.3, -0.25) is 9.79 Å². The van der Waals surface area contributed by atoms with Crippen LogP contribution < -0.4 is 9.64 Å². The maximum Gasteiger partial charge on any atom is 0.222 e. The number of nitrogens with zero attached hydrogens (tertiary/aromatic N) is 5. The molecule has 33 heavy (non-hydrogen) atoms. The molecule has 4 bridgehead atoms. The normalized spacial score (nSPS) is 17.5. The lowest BCUT2D eigenvalue weighted by Crippen LogP contribution is -2.49. The number of anilines is 1. The van der Waals surface area contributed by atoms with Crippen molar-refractivity contribution in [3.8, 4) is 11.6 Å². The summed E-state index contributed by atoms with van der Waals surface area (Å²) in [4.78, 5) is 32.9. The van der Waals surface area contributed by atoms with Gasteiger partial charge in [-0.1, -0.05) is 11.6 Å². The van der Waals surface area contributed by atoms with Crippen molar-refractivity contribution in [2.75, 3.05) is 37.7 Å². The Morgan fingerprint density at radius 3 is 2.70 bits per heavy atom. The minimum absolute atomic E-state index is 0.0301. The molecule has 172 valence electrons. The average molecular weight is 469 g/mol. The van der Waals surface area contributed by atoms with E-state index in [9.17, 15) is 9.90 Å². The summed E-state index contributed by atoms with van der Waals surface area (Å²) in [5.74, 6) is 1.46. The standard InChI is InChI=1S/C23H25ClN6O3/c24-17-12-15-5-6-18(17)33-11-3-1-2-4-19(31)29-7-9-30(10-8-29)22-20-16(13-25-15)23(32)28-21(20)26-14-27-22/h5-6,12-14,32H,1-4,7-11H2,(H,26,27,28). The Bertz CT molecular complexity index is 1200. The summed E-state index contributed by atoms with van der Waals surface area (Å²) in [6, 6.07) is 5.34. The molecule has 0 saturated carbocycles. The lowest BCUT2D eigenvalue weighted by atomic mass is 10.1. The predicted octanol–water partition coefficient (Wildman–Crippen LogP) is 3.67. The van der Waals surface area contributed by atoms with Gasteiger partial charge >= 0.3 is 0 Å². The van der Waals surface area contributed by atoms with Crippen molar-refractivity contribution in [3.63, 3.8) is 0 Å². The van der Waals surface area contributed by atoms with Crippen LogP contribution in [0.4, 0.5) is 11.5 Å². The van der Waals surface area contributed by atoms with Gasteiger partial charge in [-0.2, -0.15) is 0 Å². The zero-order valence-electron chi connectivity index (χ0n) is 18.1. The lowest BCUT2D eigenvalue weighted by Gasteiger charge is -2.35. The number of hydrogen-bond acceptors (Lipinski definition) is 7. The number of carbonyl (C=O) groups is 1. The van der Waals surface area contributed by atoms with E-state index in [1.807, 2.05) is 11.0 Å². The molecule has 2 N–H and O–H groups in total. The first-order valence-electron chi connectivity index (χ1n) is 11.1. The van der Waals surface area contributed by atoms with E-state index in [0.717, 1.165) is 19.3 Å². The first kappa shape index (κ1) is 21.5. The number of ether oxygens (including phenoxy) is 1. The Morgan fingerprint density at radius 1 is 1.06 bits per heavy atom. The van der Waals surface area contributed by atoms with E-state index in [-0.39, 0.29) is 11.8 Å². The molecule has 1 amide bonds. The van der Waals surface area contributed by atoms with E-state index < -0.39 is 0 Å². The summed E-state index contributed by atoms with van der Waals surface area (Å²) in [7, 11) is 0. The molecule has 5 aliphatic heterocycles. The molecule has 9 nitrogen and oxygen atoms in total. The topological polar surface area (TPSA) is 107 Å². The first-order chi connectivity index (χ1) is 16.1. The number of rotatable bonds is 0. The number of halogens is 1. The van der Waals surface area contributed by atoms with Crippen LogP contribution in [0.1, 0.15) is 31.2 Å². The summed E-state index contributed by atoms with van der Waals surface area (Å²) in [5, 5.41) is 11.7. The SMILES string of the molecule is O=C1CCCCCOc2ccc(cc2Cl)N=Cc2c(O)[nH]c3ncnc(c23)N2CCN1CC2. The van der Waals surface area contributed by atoms with Gasteiger partial charge in [0.2, 0.25) is 5.91 Å². The maximum absolute atomic E-state index is 12.6. The number of aromatic nitrogens is 3. The zero-order chi connectivity index (χ0) is 22.8. The van der Waals surface area contributed by atoms with Gasteiger partial charge in [0, 0.05) is 38.8 Å². The molecule has 0 atom stereocenters. The number of carbonyl (C=O) groups excluding carboxylic acids is 1. The molecule has 1 aromatic carbocycles. The van der Waals surface area contributed by atoms with Crippen molar-refractivity contribution >= 4 is 46.3 Å². The van der Waals surface area contributed by atoms with Crippen LogP contribution in [0.2, 0.25) is 5.02 Å². The molecule has 10 heteroatoms. The van der Waals surface area contributed by atoms with E-state index >= 15 is 0 Å². The number of aliphatic imine (C=N–C) groups is 1. The van der Waals surface area contributed by atoms with Gasteiger partial charge in [-0.05, 0) is 37.5 Å². The highest BCUT2D eigenvalue weighted by atomic mass is 35.5. The second kappa shape index (κ2) is 9.27. The van der Waals surface area contributed by atoms with Crippen LogP contribution in [0.15, 0.2) is 29.5 Å². The Morgan fingerprint density at radius 2 is 1.88 bits per heavy atom. The summed E-state index contributed by atoms with van der Waals surface area (Å²) in [6.07, 6.45) is 6.22. The van der Waals surface area contributed by atoms with Crippen molar-refractivity contribution in [1.82, 2.24) is 19.9 Å². The van der Waals surface area contributed by atoms with Crippen LogP contribution >= 0.6 is 11.6 Å². The van der Waals surface area contributed by atoms with Crippen molar-refractivity contribution in [1.29, 1.82) is 0 Å². The second-order valence-corrected chi connectivity index (χ2v) is 8.62. The molecule has 7 heterocycles. The molecular formula is C23H25ClN6O3. The highest BCUT2D eigenvalue weighted by Gasteiger charge is 2.25. The minimum atomic E-state index is -0.0301. The van der Waals surface area contributed by atoms with E-state index in [0.29, 0.717) is 78.1 Å². The van der Waals surface area contributed by atoms with E-state index in [2.05, 4.69) is 24.8 Å². The monoisotopic (exact) mass is 468 g/mol. The van der Waals surface area contributed by atoms with Crippen molar-refractivity contribution in [2.24, 2.45) is 4.99 Å². The molecule has 0 radical (unpaired) electrons. The first-order valence-corrected chi connectivity index (χ1v) is 11.5. The van der Waals surface area contributed by atoms with Crippen LogP contribution in [0.3, 0.4) is 0 Å². The number of H-pyrrole nitrogens is 1. The number of hydrogen-bond donors (Lipinski definition) is 2. The molecule has 1 saturated heterocycles. The Hall–Kier alpha value is -3.33. The largest absolute Gasteiger partial charge is 0.494 e. The smallest absolute Gasteiger partial charge is 0.222 e. The average Bonchev–Trinajstić information content (AvgIpc) is 3.15. The van der Waals surface area contributed by atoms with E-state index in [1.54, 1.807) is 18.3 Å². The van der Waals surface area contributed by atoms with Crippen LogP contribution in [0.5, 0.6) is 11.6 Å². The van der Waals surface area contributed by atoms with Crippen molar-refractivity contribution in [3.05, 3.63) is 35.1 Å². The molecule has 0 aliphatic carbocycles. The fourth-order valence-electron chi connectivity index (χ4n) is 4.27. The lowest BCUT2D eigenvalue weighted by molar-refractivity contribution is -0.131. The molecule has 1 fully saturated rings. The summed E-state index contributed by atoms with van der Waals surface area (Å²) in [5.41, 5.74) is 1.67. The fraction of sp³-hybridized carbons (Fsp3) is 0.391. The van der Waals surface area contributed by atoms with Gasteiger partial charge < -0.3 is 24.6 Å². The van der Waals surface area contributed by atoms with Crippen LogP contribution in [0, 0.1) is 0 Å². The fourth-order valence-corrected chi connectivity index (χ4v) is 4.50. The quantitative estimate of drug-likeness (QED) is 0.521. The number of nitrogens with one attached hydrogen (secondary N) is 1. The van der Waals surface area contributed by atoms with Gasteiger partial charge in [0.25, 0.3) is 0 Å². The van der Waals surface area contributed by atoms with Crippen LogP contribution in [-0.2, 0) is 4.79 Å². The van der Waals surface area contributed by atoms with E-state index in [4.69, 9.17) is 16.3 Å². The van der Waals surface area contributed by atoms with Gasteiger partial charge in [-0.25, -0.2) is 9.97 Å². The molecule has 0 unspecified atom stereocenters. The number of aromatic amines is 1. The molecular weight excluding hydrogens is 444 g/mol. The highest BCUT2D eigenvalue weighted by molar-refractivity contribution is 6.32. The number of benzene rings is 1. The van der Waals surface area contributed by atoms with Crippen molar-refractivity contribution in [2.45, 2.75) is 25.7 Å². The Balaban J connectivity index is 1.53. The van der Waals surface area contributed by atoms with Gasteiger partial charge in [0.15, 0.2) is 5.88 Å². The van der Waals surface area contributed by atoms with Crippen LogP contribution in [-0.4, -0.2) is 69.9 Å². The number of piperazine rings is 1. The third-order valence-corrected chi connectivity index (χ3v) is 6.37.